The third kappa shape index (κ3) is 3.26. The van der Waals surface area contributed by atoms with E-state index in [4.69, 9.17) is 0 Å². The zero-order valence-electron chi connectivity index (χ0n) is 13.2. The maximum atomic E-state index is 13.3. The molecular formula is C16H14F4N4O. The molecule has 1 amide bonds. The highest BCUT2D eigenvalue weighted by Crippen LogP contribution is 2.34. The molecule has 0 saturated carbocycles. The highest BCUT2D eigenvalue weighted by Gasteiger charge is 2.34. The van der Waals surface area contributed by atoms with Crippen molar-refractivity contribution in [3.05, 3.63) is 52.4 Å². The molecule has 1 aliphatic rings. The number of rotatable bonds is 3. The van der Waals surface area contributed by atoms with Crippen LogP contribution in [0.25, 0.3) is 0 Å². The topological polar surface area (TPSA) is 59.3 Å². The van der Waals surface area contributed by atoms with Gasteiger partial charge in [0.1, 0.15) is 11.5 Å². The SMILES string of the molecule is CNC(=O)c1nc2n(c1Cc1ccc(F)cc1C(F)(F)F)CCN=C2. The molecule has 5 nitrogen and oxygen atoms in total. The molecule has 0 unspecified atom stereocenters. The van der Waals surface area contributed by atoms with Gasteiger partial charge in [-0.3, -0.25) is 9.79 Å². The minimum atomic E-state index is -4.70. The molecule has 0 saturated heterocycles. The summed E-state index contributed by atoms with van der Waals surface area (Å²) in [6.45, 7) is 0.854. The van der Waals surface area contributed by atoms with Gasteiger partial charge in [0.25, 0.3) is 5.91 Å². The molecule has 0 fully saturated rings. The van der Waals surface area contributed by atoms with Crippen LogP contribution in [0.5, 0.6) is 0 Å². The quantitative estimate of drug-likeness (QED) is 0.861. The molecule has 2 heterocycles. The fourth-order valence-corrected chi connectivity index (χ4v) is 2.78. The Morgan fingerprint density at radius 1 is 1.36 bits per heavy atom. The zero-order valence-corrected chi connectivity index (χ0v) is 13.2. The van der Waals surface area contributed by atoms with Crippen LogP contribution in [-0.4, -0.2) is 35.3 Å². The van der Waals surface area contributed by atoms with Crippen LogP contribution in [0.3, 0.4) is 0 Å². The van der Waals surface area contributed by atoms with Gasteiger partial charge in [-0.2, -0.15) is 13.2 Å². The second kappa shape index (κ2) is 6.30. The van der Waals surface area contributed by atoms with Crippen molar-refractivity contribution < 1.29 is 22.4 Å². The molecule has 0 aliphatic carbocycles. The molecule has 0 bridgehead atoms. The van der Waals surface area contributed by atoms with Gasteiger partial charge in [-0.25, -0.2) is 9.37 Å². The first-order chi connectivity index (χ1) is 11.8. The minimum absolute atomic E-state index is 0.0447. The average Bonchev–Trinajstić information content (AvgIpc) is 2.93. The standard InChI is InChI=1S/C16H14F4N4O/c1-21-15(25)14-12(24-5-4-22-8-13(24)23-14)6-9-2-3-10(17)7-11(9)16(18,19)20/h2-3,7-8H,4-6H2,1H3,(H,21,25). The largest absolute Gasteiger partial charge is 0.416 e. The second-order valence-electron chi connectivity index (χ2n) is 5.51. The van der Waals surface area contributed by atoms with Gasteiger partial charge in [-0.15, -0.1) is 0 Å². The van der Waals surface area contributed by atoms with E-state index in [0.717, 1.165) is 12.1 Å². The van der Waals surface area contributed by atoms with Crippen molar-refractivity contribution in [2.24, 2.45) is 4.99 Å². The second-order valence-corrected chi connectivity index (χ2v) is 5.51. The van der Waals surface area contributed by atoms with Crippen molar-refractivity contribution >= 4 is 12.1 Å². The molecule has 0 atom stereocenters. The number of benzene rings is 1. The summed E-state index contributed by atoms with van der Waals surface area (Å²) in [6.07, 6.45) is -3.41. The van der Waals surface area contributed by atoms with Gasteiger partial charge in [0.15, 0.2) is 5.82 Å². The van der Waals surface area contributed by atoms with Crippen molar-refractivity contribution in [1.82, 2.24) is 14.9 Å². The Labute approximate surface area is 140 Å². The number of nitrogens with zero attached hydrogens (tertiary/aromatic N) is 3. The third-order valence-electron chi connectivity index (χ3n) is 3.94. The molecule has 0 spiro atoms. The van der Waals surface area contributed by atoms with E-state index in [-0.39, 0.29) is 17.7 Å². The molecule has 25 heavy (non-hydrogen) atoms. The molecule has 3 rings (SSSR count). The van der Waals surface area contributed by atoms with Crippen LogP contribution in [0.15, 0.2) is 23.2 Å². The van der Waals surface area contributed by atoms with Gasteiger partial charge < -0.3 is 9.88 Å². The average molecular weight is 354 g/mol. The van der Waals surface area contributed by atoms with Gasteiger partial charge in [0.2, 0.25) is 0 Å². The summed E-state index contributed by atoms with van der Waals surface area (Å²) >= 11 is 0. The summed E-state index contributed by atoms with van der Waals surface area (Å²) in [5.41, 5.74) is -0.791. The van der Waals surface area contributed by atoms with Crippen molar-refractivity contribution in [1.29, 1.82) is 0 Å². The van der Waals surface area contributed by atoms with E-state index in [0.29, 0.717) is 30.7 Å². The molecule has 1 aromatic carbocycles. The smallest absolute Gasteiger partial charge is 0.354 e. The molecular weight excluding hydrogens is 340 g/mol. The lowest BCUT2D eigenvalue weighted by Gasteiger charge is -2.16. The maximum absolute atomic E-state index is 13.3. The van der Waals surface area contributed by atoms with Crippen LogP contribution in [0.2, 0.25) is 0 Å². The van der Waals surface area contributed by atoms with Crippen molar-refractivity contribution in [2.45, 2.75) is 19.1 Å². The Morgan fingerprint density at radius 3 is 2.80 bits per heavy atom. The van der Waals surface area contributed by atoms with E-state index in [1.54, 1.807) is 4.57 Å². The number of alkyl halides is 3. The number of aliphatic imine (C=N–C) groups is 1. The van der Waals surface area contributed by atoms with Crippen LogP contribution in [-0.2, 0) is 19.1 Å². The molecule has 132 valence electrons. The number of fused-ring (bicyclic) bond motifs is 1. The zero-order chi connectivity index (χ0) is 18.2. The first-order valence-electron chi connectivity index (χ1n) is 7.48. The van der Waals surface area contributed by atoms with E-state index in [2.05, 4.69) is 15.3 Å². The van der Waals surface area contributed by atoms with Crippen molar-refractivity contribution in [3.8, 4) is 0 Å². The Kier molecular flexibility index (Phi) is 4.32. The predicted octanol–water partition coefficient (Wildman–Crippen LogP) is 2.42. The number of halogens is 4. The van der Waals surface area contributed by atoms with Gasteiger partial charge in [-0.05, 0) is 17.7 Å². The number of imidazole rings is 1. The van der Waals surface area contributed by atoms with E-state index in [1.165, 1.54) is 13.3 Å². The Balaban J connectivity index is 2.11. The first kappa shape index (κ1) is 17.1. The maximum Gasteiger partial charge on any atom is 0.416 e. The van der Waals surface area contributed by atoms with E-state index in [1.807, 2.05) is 0 Å². The van der Waals surface area contributed by atoms with E-state index < -0.39 is 23.5 Å². The predicted molar refractivity (Wildman–Crippen MR) is 82.3 cm³/mol. The van der Waals surface area contributed by atoms with Crippen LogP contribution in [0, 0.1) is 5.82 Å². The number of aromatic nitrogens is 2. The van der Waals surface area contributed by atoms with E-state index >= 15 is 0 Å². The molecule has 0 radical (unpaired) electrons. The van der Waals surface area contributed by atoms with Gasteiger partial charge in [-0.1, -0.05) is 6.07 Å². The van der Waals surface area contributed by atoms with Gasteiger partial charge >= 0.3 is 6.18 Å². The summed E-state index contributed by atoms with van der Waals surface area (Å²) < 4.78 is 54.7. The fourth-order valence-electron chi connectivity index (χ4n) is 2.78. The normalized spacial score (nSPS) is 13.6. The molecule has 2 aromatic rings. The van der Waals surface area contributed by atoms with Crippen LogP contribution >= 0.6 is 0 Å². The number of hydrogen-bond acceptors (Lipinski definition) is 3. The summed E-state index contributed by atoms with van der Waals surface area (Å²) in [5, 5.41) is 2.43. The third-order valence-corrected chi connectivity index (χ3v) is 3.94. The van der Waals surface area contributed by atoms with Gasteiger partial charge in [0.05, 0.1) is 24.0 Å². The lowest BCUT2D eigenvalue weighted by molar-refractivity contribution is -0.138. The lowest BCUT2D eigenvalue weighted by Crippen LogP contribution is -2.21. The van der Waals surface area contributed by atoms with Crippen molar-refractivity contribution in [2.75, 3.05) is 13.6 Å². The Hall–Kier alpha value is -2.71. The first-order valence-corrected chi connectivity index (χ1v) is 7.48. The number of carbonyl (C=O) groups excluding carboxylic acids is 1. The van der Waals surface area contributed by atoms with Crippen LogP contribution in [0.1, 0.15) is 33.1 Å². The summed E-state index contributed by atoms with van der Waals surface area (Å²) in [5.74, 6) is -1.05. The number of carbonyl (C=O) groups is 1. The number of nitrogens with one attached hydrogen (secondary N) is 1. The molecule has 9 heteroatoms. The summed E-state index contributed by atoms with van der Waals surface area (Å²) in [6, 6.07) is 2.52. The molecule has 1 aromatic heterocycles. The minimum Gasteiger partial charge on any atom is -0.354 e. The monoisotopic (exact) mass is 354 g/mol. The summed E-state index contributed by atoms with van der Waals surface area (Å²) in [4.78, 5) is 20.3. The number of amides is 1. The highest BCUT2D eigenvalue weighted by atomic mass is 19.4. The molecule has 1 aliphatic heterocycles. The number of hydrogen-bond donors (Lipinski definition) is 1. The highest BCUT2D eigenvalue weighted by molar-refractivity contribution is 5.94. The lowest BCUT2D eigenvalue weighted by atomic mass is 10.0. The Bertz CT molecular complexity index is 855. The fraction of sp³-hybridized carbons (Fsp3) is 0.312. The van der Waals surface area contributed by atoms with E-state index in [9.17, 15) is 22.4 Å². The summed E-state index contributed by atoms with van der Waals surface area (Å²) in [7, 11) is 1.41. The molecule has 1 N–H and O–H groups in total. The Morgan fingerprint density at radius 2 is 2.12 bits per heavy atom. The van der Waals surface area contributed by atoms with Crippen LogP contribution in [0.4, 0.5) is 17.6 Å². The van der Waals surface area contributed by atoms with Gasteiger partial charge in [0, 0.05) is 20.0 Å². The van der Waals surface area contributed by atoms with Crippen LogP contribution < -0.4 is 5.32 Å². The van der Waals surface area contributed by atoms with Crippen molar-refractivity contribution in [3.63, 3.8) is 0 Å².